The van der Waals surface area contributed by atoms with Gasteiger partial charge in [0.2, 0.25) is 0 Å². The van der Waals surface area contributed by atoms with Crippen molar-refractivity contribution in [2.24, 2.45) is 5.92 Å². The molecule has 2 saturated heterocycles. The van der Waals surface area contributed by atoms with Gasteiger partial charge in [-0.3, -0.25) is 4.79 Å². The van der Waals surface area contributed by atoms with E-state index in [-0.39, 0.29) is 23.9 Å². The maximum Gasteiger partial charge on any atom is 0.407 e. The summed E-state index contributed by atoms with van der Waals surface area (Å²) in [5, 5.41) is 13.5. The van der Waals surface area contributed by atoms with Crippen LogP contribution in [0.25, 0.3) is 0 Å². The zero-order chi connectivity index (χ0) is 20.7. The van der Waals surface area contributed by atoms with Gasteiger partial charge in [-0.25, -0.2) is 4.79 Å². The van der Waals surface area contributed by atoms with Crippen LogP contribution in [-0.2, 0) is 0 Å². The average Bonchev–Trinajstić information content (AvgIpc) is 3.25. The van der Waals surface area contributed by atoms with Gasteiger partial charge in [-0.15, -0.1) is 0 Å². The van der Waals surface area contributed by atoms with Crippen LogP contribution < -0.4 is 5.32 Å². The van der Waals surface area contributed by atoms with Gasteiger partial charge < -0.3 is 20.2 Å². The van der Waals surface area contributed by atoms with E-state index in [1.807, 2.05) is 41.3 Å². The lowest BCUT2D eigenvalue weighted by molar-refractivity contribution is 0.0724. The molecule has 3 unspecified atom stereocenters. The van der Waals surface area contributed by atoms with E-state index in [0.29, 0.717) is 12.1 Å². The lowest BCUT2D eigenvalue weighted by Crippen LogP contribution is -2.38. The molecular formula is C24H27N3O3. The topological polar surface area (TPSA) is 72.9 Å². The second kappa shape index (κ2) is 7.67. The molecular weight excluding hydrogens is 378 g/mol. The molecule has 2 amide bonds. The van der Waals surface area contributed by atoms with E-state index in [2.05, 4.69) is 17.4 Å². The van der Waals surface area contributed by atoms with E-state index in [1.54, 1.807) is 4.90 Å². The predicted octanol–water partition coefficient (Wildman–Crippen LogP) is 4.52. The number of nitrogens with zero attached hydrogens (tertiary/aromatic N) is 2. The Morgan fingerprint density at radius 3 is 2.47 bits per heavy atom. The van der Waals surface area contributed by atoms with Gasteiger partial charge in [0, 0.05) is 36.8 Å². The van der Waals surface area contributed by atoms with Crippen molar-refractivity contribution in [2.75, 3.05) is 25.0 Å². The standard InChI is InChI=1S/C24H27N3O3/c28-23(26-12-5-2-6-13-26)17-9-10-20-19(15-17)22-18(11-14-27(22)24(29)30)21(25-20)16-7-3-1-4-8-16/h1,3-4,7-10,15,18,21-22,25H,2,5-6,11-14H2,(H,29,30). The van der Waals surface area contributed by atoms with Crippen LogP contribution in [0.15, 0.2) is 48.5 Å². The Bertz CT molecular complexity index is 955. The Labute approximate surface area is 176 Å². The molecule has 5 rings (SSSR count). The number of piperidine rings is 1. The van der Waals surface area contributed by atoms with Crippen molar-refractivity contribution < 1.29 is 14.7 Å². The highest BCUT2D eigenvalue weighted by Gasteiger charge is 2.46. The van der Waals surface area contributed by atoms with E-state index >= 15 is 0 Å². The van der Waals surface area contributed by atoms with Gasteiger partial charge >= 0.3 is 6.09 Å². The monoisotopic (exact) mass is 405 g/mol. The van der Waals surface area contributed by atoms with Crippen LogP contribution in [0.4, 0.5) is 10.5 Å². The summed E-state index contributed by atoms with van der Waals surface area (Å²) in [6, 6.07) is 15.8. The summed E-state index contributed by atoms with van der Waals surface area (Å²) in [6.07, 6.45) is 3.18. The van der Waals surface area contributed by atoms with Crippen molar-refractivity contribution in [3.8, 4) is 0 Å². The number of hydrogen-bond donors (Lipinski definition) is 2. The Morgan fingerprint density at radius 1 is 0.967 bits per heavy atom. The van der Waals surface area contributed by atoms with Gasteiger partial charge in [0.05, 0.1) is 12.1 Å². The lowest BCUT2D eigenvalue weighted by Gasteiger charge is -2.39. The zero-order valence-corrected chi connectivity index (χ0v) is 17.0. The molecule has 2 aromatic carbocycles. The van der Waals surface area contributed by atoms with Crippen LogP contribution in [0.5, 0.6) is 0 Å². The number of hydrogen-bond acceptors (Lipinski definition) is 3. The highest BCUT2D eigenvalue weighted by Crippen LogP contribution is 2.51. The normalized spacial score (nSPS) is 25.3. The highest BCUT2D eigenvalue weighted by molar-refractivity contribution is 5.95. The lowest BCUT2D eigenvalue weighted by atomic mass is 9.79. The summed E-state index contributed by atoms with van der Waals surface area (Å²) in [7, 11) is 0. The minimum absolute atomic E-state index is 0.0525. The maximum atomic E-state index is 13.1. The van der Waals surface area contributed by atoms with Crippen LogP contribution in [0.1, 0.15) is 59.3 Å². The molecule has 0 bridgehead atoms. The Balaban J connectivity index is 1.53. The fourth-order valence-corrected chi connectivity index (χ4v) is 5.40. The molecule has 0 aliphatic carbocycles. The number of carbonyl (C=O) groups excluding carboxylic acids is 1. The van der Waals surface area contributed by atoms with Crippen LogP contribution in [-0.4, -0.2) is 46.5 Å². The molecule has 3 heterocycles. The molecule has 3 aliphatic heterocycles. The molecule has 0 aromatic heterocycles. The minimum Gasteiger partial charge on any atom is -0.465 e. The Kier molecular flexibility index (Phi) is 4.85. The molecule has 2 aromatic rings. The molecule has 3 aliphatic rings. The largest absolute Gasteiger partial charge is 0.465 e. The molecule has 30 heavy (non-hydrogen) atoms. The third-order valence-electron chi connectivity index (χ3n) is 6.85. The molecule has 156 valence electrons. The molecule has 2 fully saturated rings. The number of likely N-dealkylation sites (tertiary alicyclic amines) is 2. The van der Waals surface area contributed by atoms with Crippen molar-refractivity contribution in [3.63, 3.8) is 0 Å². The summed E-state index contributed by atoms with van der Waals surface area (Å²) in [5.74, 6) is 0.190. The summed E-state index contributed by atoms with van der Waals surface area (Å²) in [6.45, 7) is 2.12. The van der Waals surface area contributed by atoms with Crippen molar-refractivity contribution >= 4 is 17.7 Å². The second-order valence-electron chi connectivity index (χ2n) is 8.56. The number of amides is 2. The SMILES string of the molecule is O=C(c1ccc2c(c1)C1C(CCN1C(=O)O)C(c1ccccc1)N2)N1CCCCC1. The van der Waals surface area contributed by atoms with Gasteiger partial charge in [0.15, 0.2) is 0 Å². The molecule has 3 atom stereocenters. The smallest absolute Gasteiger partial charge is 0.407 e. The summed E-state index contributed by atoms with van der Waals surface area (Å²) < 4.78 is 0. The second-order valence-corrected chi connectivity index (χ2v) is 8.56. The van der Waals surface area contributed by atoms with E-state index in [0.717, 1.165) is 43.6 Å². The first kappa shape index (κ1) is 19.0. The van der Waals surface area contributed by atoms with Gasteiger partial charge in [-0.05, 0) is 55.0 Å². The third kappa shape index (κ3) is 3.20. The zero-order valence-electron chi connectivity index (χ0n) is 17.0. The average molecular weight is 405 g/mol. The molecule has 0 radical (unpaired) electrons. The molecule has 0 spiro atoms. The van der Waals surface area contributed by atoms with Gasteiger partial charge in [0.25, 0.3) is 5.91 Å². The van der Waals surface area contributed by atoms with Crippen molar-refractivity contribution in [2.45, 2.75) is 37.8 Å². The summed E-state index contributed by atoms with van der Waals surface area (Å²) >= 11 is 0. The van der Waals surface area contributed by atoms with Crippen LogP contribution in [0.3, 0.4) is 0 Å². The first-order valence-corrected chi connectivity index (χ1v) is 10.9. The van der Waals surface area contributed by atoms with Crippen LogP contribution in [0, 0.1) is 5.92 Å². The number of carbonyl (C=O) groups is 2. The third-order valence-corrected chi connectivity index (χ3v) is 6.85. The van der Waals surface area contributed by atoms with Crippen molar-refractivity contribution in [3.05, 3.63) is 65.2 Å². The van der Waals surface area contributed by atoms with Crippen molar-refractivity contribution in [1.29, 1.82) is 0 Å². The molecule has 0 saturated carbocycles. The molecule has 6 nitrogen and oxygen atoms in total. The summed E-state index contributed by atoms with van der Waals surface area (Å²) in [4.78, 5) is 28.5. The molecule has 2 N–H and O–H groups in total. The first-order chi connectivity index (χ1) is 14.6. The van der Waals surface area contributed by atoms with E-state index in [4.69, 9.17) is 0 Å². The fraction of sp³-hybridized carbons (Fsp3) is 0.417. The highest BCUT2D eigenvalue weighted by atomic mass is 16.4. The van der Waals surface area contributed by atoms with Gasteiger partial charge in [-0.2, -0.15) is 0 Å². The van der Waals surface area contributed by atoms with E-state index in [1.165, 1.54) is 12.0 Å². The summed E-state index contributed by atoms with van der Waals surface area (Å²) in [5.41, 5.74) is 3.67. The van der Waals surface area contributed by atoms with Crippen LogP contribution in [0.2, 0.25) is 0 Å². The minimum atomic E-state index is -0.894. The number of nitrogens with one attached hydrogen (secondary N) is 1. The van der Waals surface area contributed by atoms with E-state index < -0.39 is 6.09 Å². The quantitative estimate of drug-likeness (QED) is 0.770. The Hall–Kier alpha value is -3.02. The Morgan fingerprint density at radius 2 is 1.73 bits per heavy atom. The maximum absolute atomic E-state index is 13.1. The van der Waals surface area contributed by atoms with Gasteiger partial charge in [-0.1, -0.05) is 30.3 Å². The number of rotatable bonds is 2. The fourth-order valence-electron chi connectivity index (χ4n) is 5.40. The predicted molar refractivity (Wildman–Crippen MR) is 115 cm³/mol. The van der Waals surface area contributed by atoms with E-state index in [9.17, 15) is 14.7 Å². The number of anilines is 1. The molecule has 6 heteroatoms. The number of fused-ring (bicyclic) bond motifs is 3. The number of carboxylic acid groups (broad SMARTS) is 1. The van der Waals surface area contributed by atoms with Crippen LogP contribution >= 0.6 is 0 Å². The van der Waals surface area contributed by atoms with Gasteiger partial charge in [0.1, 0.15) is 0 Å². The van der Waals surface area contributed by atoms with Crippen molar-refractivity contribution in [1.82, 2.24) is 9.80 Å². The first-order valence-electron chi connectivity index (χ1n) is 10.9. The number of benzene rings is 2.